The van der Waals surface area contributed by atoms with E-state index in [9.17, 15) is 22.0 Å². The summed E-state index contributed by atoms with van der Waals surface area (Å²) < 4.78 is 91.6. The zero-order valence-electron chi connectivity index (χ0n) is 17.8. The Balaban J connectivity index is 1.82. The number of benzene rings is 1. The van der Waals surface area contributed by atoms with E-state index in [0.717, 1.165) is 30.1 Å². The molecule has 0 saturated heterocycles. The van der Waals surface area contributed by atoms with Crippen LogP contribution in [0.1, 0.15) is 10.5 Å². The first kappa shape index (κ1) is 23.9. The molecule has 0 bridgehead atoms. The van der Waals surface area contributed by atoms with Crippen LogP contribution in [0.3, 0.4) is 0 Å². The zero-order valence-corrected chi connectivity index (χ0v) is 18.6. The number of aromatic nitrogens is 4. The molecule has 0 saturated carbocycles. The highest BCUT2D eigenvalue weighted by Crippen LogP contribution is 2.33. The van der Waals surface area contributed by atoms with Gasteiger partial charge in [-0.15, -0.1) is 0 Å². The van der Waals surface area contributed by atoms with E-state index in [1.54, 1.807) is 0 Å². The van der Waals surface area contributed by atoms with Crippen LogP contribution in [0.4, 0.5) is 23.2 Å². The molecule has 15 heteroatoms. The van der Waals surface area contributed by atoms with Gasteiger partial charge in [-0.25, -0.2) is 36.5 Å². The maximum Gasteiger partial charge on any atom is 0.271 e. The number of hydrogen-bond acceptors (Lipinski definition) is 7. The number of sulfonamides is 1. The molecular formula is C20H14F4N6O4S. The van der Waals surface area contributed by atoms with Crippen LogP contribution in [0.15, 0.2) is 41.8 Å². The highest BCUT2D eigenvalue weighted by molar-refractivity contribution is 7.92. The fourth-order valence-electron chi connectivity index (χ4n) is 3.19. The number of ether oxygens (including phenoxy) is 1. The van der Waals surface area contributed by atoms with Crippen LogP contribution in [0.25, 0.3) is 16.8 Å². The molecule has 35 heavy (non-hydrogen) atoms. The lowest BCUT2D eigenvalue weighted by molar-refractivity contribution is 0.0960. The van der Waals surface area contributed by atoms with Crippen molar-refractivity contribution in [1.29, 1.82) is 0 Å². The van der Waals surface area contributed by atoms with Crippen LogP contribution < -0.4 is 14.8 Å². The van der Waals surface area contributed by atoms with Gasteiger partial charge in [0.1, 0.15) is 23.7 Å². The minimum Gasteiger partial charge on any atom is -0.480 e. The van der Waals surface area contributed by atoms with Gasteiger partial charge in [-0.05, 0) is 12.1 Å². The largest absolute Gasteiger partial charge is 0.480 e. The van der Waals surface area contributed by atoms with Crippen molar-refractivity contribution in [3.63, 3.8) is 0 Å². The standard InChI is InChI=1S/C20H14F4N6O4S/c1-25-19(31)16-12-7-26-17(18(24)30(12)8-28-16)14-10(22)3-4-11(15(14)23)29-35(32,33)13-5-9(21)6-27-20(13)34-2/h3-8,29H,1-2H3,(H,25,31). The number of fused-ring (bicyclic) bond motifs is 1. The van der Waals surface area contributed by atoms with Gasteiger partial charge in [0.15, 0.2) is 16.4 Å². The summed E-state index contributed by atoms with van der Waals surface area (Å²) in [6.45, 7) is 0. The highest BCUT2D eigenvalue weighted by Gasteiger charge is 2.27. The summed E-state index contributed by atoms with van der Waals surface area (Å²) in [5.41, 5.74) is -2.85. The lowest BCUT2D eigenvalue weighted by Crippen LogP contribution is -2.18. The van der Waals surface area contributed by atoms with Crippen molar-refractivity contribution in [2.45, 2.75) is 4.90 Å². The van der Waals surface area contributed by atoms with E-state index in [-0.39, 0.29) is 11.2 Å². The lowest BCUT2D eigenvalue weighted by Gasteiger charge is -2.14. The van der Waals surface area contributed by atoms with Crippen LogP contribution in [0, 0.1) is 23.4 Å². The molecule has 0 aliphatic rings. The Hall–Kier alpha value is -4.27. The monoisotopic (exact) mass is 510 g/mol. The van der Waals surface area contributed by atoms with Gasteiger partial charge in [0.25, 0.3) is 15.9 Å². The molecule has 0 atom stereocenters. The molecule has 1 aromatic carbocycles. The number of amides is 1. The van der Waals surface area contributed by atoms with Gasteiger partial charge < -0.3 is 10.1 Å². The second-order valence-corrected chi connectivity index (χ2v) is 8.53. The van der Waals surface area contributed by atoms with Gasteiger partial charge in [-0.3, -0.25) is 13.9 Å². The summed E-state index contributed by atoms with van der Waals surface area (Å²) in [7, 11) is -2.26. The molecule has 3 heterocycles. The van der Waals surface area contributed by atoms with E-state index in [1.807, 2.05) is 4.72 Å². The fraction of sp³-hybridized carbons (Fsp3) is 0.100. The topological polar surface area (TPSA) is 128 Å². The summed E-state index contributed by atoms with van der Waals surface area (Å²) in [5.74, 6) is -6.16. The van der Waals surface area contributed by atoms with E-state index >= 15 is 8.78 Å². The van der Waals surface area contributed by atoms with Crippen molar-refractivity contribution in [1.82, 2.24) is 24.7 Å². The third-order valence-electron chi connectivity index (χ3n) is 4.81. The second-order valence-electron chi connectivity index (χ2n) is 6.88. The second kappa shape index (κ2) is 8.83. The SMILES string of the molecule is CNC(=O)c1ncn2c(F)c(-c3c(F)ccc(NS(=O)(=O)c4cc(F)cnc4OC)c3F)ncc12. The minimum atomic E-state index is -4.68. The normalized spacial score (nSPS) is 11.5. The molecule has 0 spiro atoms. The van der Waals surface area contributed by atoms with Gasteiger partial charge >= 0.3 is 0 Å². The number of carbonyl (C=O) groups excluding carboxylic acids is 1. The van der Waals surface area contributed by atoms with E-state index < -0.39 is 67.1 Å². The summed E-state index contributed by atoms with van der Waals surface area (Å²) in [6.07, 6.45) is 2.62. The third-order valence-corrected chi connectivity index (χ3v) is 6.17. The van der Waals surface area contributed by atoms with Crippen LogP contribution in [0.5, 0.6) is 5.88 Å². The van der Waals surface area contributed by atoms with Crippen LogP contribution in [-0.2, 0) is 10.0 Å². The molecule has 4 aromatic rings. The van der Waals surface area contributed by atoms with Crippen molar-refractivity contribution in [2.24, 2.45) is 0 Å². The van der Waals surface area contributed by atoms with Crippen LogP contribution in [-0.4, -0.2) is 47.8 Å². The molecule has 0 radical (unpaired) electrons. The zero-order chi connectivity index (χ0) is 25.5. The van der Waals surface area contributed by atoms with Crippen molar-refractivity contribution < 1.29 is 35.5 Å². The highest BCUT2D eigenvalue weighted by atomic mass is 32.2. The molecule has 0 aliphatic heterocycles. The minimum absolute atomic E-state index is 0.0750. The maximum absolute atomic E-state index is 15.3. The number of nitrogens with one attached hydrogen (secondary N) is 2. The molecule has 0 aliphatic carbocycles. The third kappa shape index (κ3) is 4.09. The fourth-order valence-corrected chi connectivity index (χ4v) is 4.38. The molecule has 0 unspecified atom stereocenters. The Morgan fingerprint density at radius 3 is 2.51 bits per heavy atom. The first-order chi connectivity index (χ1) is 16.6. The van der Waals surface area contributed by atoms with Crippen molar-refractivity contribution >= 4 is 27.1 Å². The molecule has 10 nitrogen and oxygen atoms in total. The average molecular weight is 510 g/mol. The van der Waals surface area contributed by atoms with E-state index in [0.29, 0.717) is 18.3 Å². The molecule has 182 valence electrons. The van der Waals surface area contributed by atoms with E-state index in [2.05, 4.69) is 20.3 Å². The summed E-state index contributed by atoms with van der Waals surface area (Å²) in [4.78, 5) is 22.1. The number of imidazole rings is 1. The maximum atomic E-state index is 15.3. The number of rotatable bonds is 6. The number of hydrogen-bond donors (Lipinski definition) is 2. The average Bonchev–Trinajstić information content (AvgIpc) is 3.27. The molecule has 0 fully saturated rings. The van der Waals surface area contributed by atoms with E-state index in [4.69, 9.17) is 4.74 Å². The number of carbonyl (C=O) groups is 1. The summed E-state index contributed by atoms with van der Waals surface area (Å²) >= 11 is 0. The quantitative estimate of drug-likeness (QED) is 0.382. The van der Waals surface area contributed by atoms with Gasteiger partial charge in [-0.2, -0.15) is 4.39 Å². The molecular weight excluding hydrogens is 496 g/mol. The Bertz CT molecular complexity index is 1590. The van der Waals surface area contributed by atoms with E-state index in [1.165, 1.54) is 7.05 Å². The summed E-state index contributed by atoms with van der Waals surface area (Å²) in [6, 6.07) is 2.03. The Morgan fingerprint density at radius 2 is 1.83 bits per heavy atom. The molecule has 1 amide bonds. The smallest absolute Gasteiger partial charge is 0.271 e. The Morgan fingerprint density at radius 1 is 1.09 bits per heavy atom. The molecule has 4 rings (SSSR count). The number of halogens is 4. The predicted molar refractivity (Wildman–Crippen MR) is 113 cm³/mol. The van der Waals surface area contributed by atoms with Crippen LogP contribution in [0.2, 0.25) is 0 Å². The number of pyridine rings is 1. The molecule has 2 N–H and O–H groups in total. The van der Waals surface area contributed by atoms with Gasteiger partial charge in [0.05, 0.1) is 36.3 Å². The van der Waals surface area contributed by atoms with Crippen molar-refractivity contribution in [2.75, 3.05) is 18.9 Å². The Labute approximate surface area is 194 Å². The Kier molecular flexibility index (Phi) is 6.02. The van der Waals surface area contributed by atoms with Crippen LogP contribution >= 0.6 is 0 Å². The molecule has 3 aromatic heterocycles. The first-order valence-electron chi connectivity index (χ1n) is 9.53. The predicted octanol–water partition coefficient (Wildman–Crippen LogP) is 2.52. The van der Waals surface area contributed by atoms with Crippen molar-refractivity contribution in [3.8, 4) is 17.1 Å². The number of methoxy groups -OCH3 is 1. The summed E-state index contributed by atoms with van der Waals surface area (Å²) in [5, 5.41) is 2.31. The van der Waals surface area contributed by atoms with Crippen molar-refractivity contribution in [3.05, 3.63) is 66.0 Å². The number of anilines is 1. The first-order valence-corrected chi connectivity index (χ1v) is 11.0. The van der Waals surface area contributed by atoms with Gasteiger partial charge in [-0.1, -0.05) is 0 Å². The van der Waals surface area contributed by atoms with Gasteiger partial charge in [0, 0.05) is 13.1 Å². The number of nitrogens with zero attached hydrogens (tertiary/aromatic N) is 4. The lowest BCUT2D eigenvalue weighted by atomic mass is 10.1. The van der Waals surface area contributed by atoms with Gasteiger partial charge in [0.2, 0.25) is 11.8 Å².